The number of anilines is 1. The summed E-state index contributed by atoms with van der Waals surface area (Å²) in [6.07, 6.45) is 3.12. The van der Waals surface area contributed by atoms with Gasteiger partial charge in [0.15, 0.2) is 5.16 Å². The Hall–Kier alpha value is -1.90. The molecule has 20 heavy (non-hydrogen) atoms. The standard InChI is InChI=1S/C11H14N4O4S/c1-2-19-9(16)6-20-11-12-5-8(15(17)18)10(14-11)13-7-3-4-7/h5,7H,2-4,6H2,1H3,(H,12,13,14). The van der Waals surface area contributed by atoms with Gasteiger partial charge in [0.1, 0.15) is 6.20 Å². The molecule has 1 aliphatic rings. The van der Waals surface area contributed by atoms with Crippen molar-refractivity contribution in [2.45, 2.75) is 31.0 Å². The number of nitrogens with zero attached hydrogens (tertiary/aromatic N) is 3. The van der Waals surface area contributed by atoms with Crippen LogP contribution >= 0.6 is 11.8 Å². The molecule has 0 aliphatic heterocycles. The molecule has 0 spiro atoms. The van der Waals surface area contributed by atoms with Crippen LogP contribution in [0.2, 0.25) is 0 Å². The van der Waals surface area contributed by atoms with Crippen molar-refractivity contribution in [3.63, 3.8) is 0 Å². The lowest BCUT2D eigenvalue weighted by Gasteiger charge is -2.06. The number of nitro groups is 1. The summed E-state index contributed by atoms with van der Waals surface area (Å²) in [5.41, 5.74) is -0.155. The van der Waals surface area contributed by atoms with E-state index >= 15 is 0 Å². The van der Waals surface area contributed by atoms with E-state index in [0.717, 1.165) is 30.8 Å². The number of thioether (sulfide) groups is 1. The van der Waals surface area contributed by atoms with Gasteiger partial charge in [-0.1, -0.05) is 11.8 Å². The Morgan fingerprint density at radius 2 is 2.40 bits per heavy atom. The Balaban J connectivity index is 2.05. The topological polar surface area (TPSA) is 107 Å². The number of aromatic nitrogens is 2. The Morgan fingerprint density at radius 3 is 3.00 bits per heavy atom. The van der Waals surface area contributed by atoms with Crippen LogP contribution in [-0.4, -0.2) is 39.3 Å². The molecular formula is C11H14N4O4S. The summed E-state index contributed by atoms with van der Waals surface area (Å²) in [5.74, 6) is -0.0795. The Kier molecular flexibility index (Phi) is 4.72. The highest BCUT2D eigenvalue weighted by molar-refractivity contribution is 7.99. The average Bonchev–Trinajstić information content (AvgIpc) is 3.20. The van der Waals surface area contributed by atoms with Crippen LogP contribution in [0.3, 0.4) is 0 Å². The Labute approximate surface area is 119 Å². The molecule has 0 bridgehead atoms. The van der Waals surface area contributed by atoms with E-state index in [-0.39, 0.29) is 29.3 Å². The van der Waals surface area contributed by atoms with Gasteiger partial charge in [0, 0.05) is 6.04 Å². The number of rotatable bonds is 7. The van der Waals surface area contributed by atoms with Gasteiger partial charge in [0.2, 0.25) is 5.82 Å². The maximum atomic E-state index is 11.2. The molecule has 1 heterocycles. The fourth-order valence-electron chi connectivity index (χ4n) is 1.42. The predicted octanol–water partition coefficient (Wildman–Crippen LogP) is 1.61. The first-order valence-electron chi connectivity index (χ1n) is 6.16. The van der Waals surface area contributed by atoms with E-state index in [1.54, 1.807) is 6.92 Å². The second-order valence-corrected chi connectivity index (χ2v) is 5.10. The van der Waals surface area contributed by atoms with E-state index in [2.05, 4.69) is 15.3 Å². The molecule has 0 saturated heterocycles. The molecule has 108 valence electrons. The summed E-state index contributed by atoms with van der Waals surface area (Å²) in [6, 6.07) is 0.242. The molecular weight excluding hydrogens is 284 g/mol. The molecule has 0 aromatic carbocycles. The molecule has 1 saturated carbocycles. The third kappa shape index (κ3) is 4.05. The first kappa shape index (κ1) is 14.5. The Morgan fingerprint density at radius 1 is 1.65 bits per heavy atom. The maximum Gasteiger partial charge on any atom is 0.329 e. The molecule has 0 atom stereocenters. The lowest BCUT2D eigenvalue weighted by Crippen LogP contribution is -2.09. The zero-order chi connectivity index (χ0) is 14.5. The van der Waals surface area contributed by atoms with Crippen LogP contribution in [0.1, 0.15) is 19.8 Å². The third-order valence-electron chi connectivity index (χ3n) is 2.49. The number of hydrogen-bond acceptors (Lipinski definition) is 8. The predicted molar refractivity (Wildman–Crippen MR) is 72.7 cm³/mol. The molecule has 1 fully saturated rings. The largest absolute Gasteiger partial charge is 0.465 e. The third-order valence-corrected chi connectivity index (χ3v) is 3.32. The molecule has 1 aromatic rings. The molecule has 1 aromatic heterocycles. The van der Waals surface area contributed by atoms with Crippen molar-refractivity contribution >= 4 is 29.2 Å². The van der Waals surface area contributed by atoms with Crippen molar-refractivity contribution in [1.29, 1.82) is 0 Å². The van der Waals surface area contributed by atoms with Gasteiger partial charge in [-0.05, 0) is 19.8 Å². The lowest BCUT2D eigenvalue weighted by atomic mass is 10.4. The smallest absolute Gasteiger partial charge is 0.329 e. The zero-order valence-electron chi connectivity index (χ0n) is 10.9. The number of esters is 1. The maximum absolute atomic E-state index is 11.2. The van der Waals surface area contributed by atoms with Gasteiger partial charge in [0.05, 0.1) is 17.3 Å². The summed E-state index contributed by atoms with van der Waals surface area (Å²) in [7, 11) is 0. The highest BCUT2D eigenvalue weighted by atomic mass is 32.2. The zero-order valence-corrected chi connectivity index (χ0v) is 11.7. The van der Waals surface area contributed by atoms with Crippen LogP contribution < -0.4 is 5.32 Å². The van der Waals surface area contributed by atoms with Gasteiger partial charge < -0.3 is 10.1 Å². The summed E-state index contributed by atoms with van der Waals surface area (Å²) < 4.78 is 4.79. The van der Waals surface area contributed by atoms with E-state index < -0.39 is 4.92 Å². The van der Waals surface area contributed by atoms with Gasteiger partial charge in [-0.3, -0.25) is 14.9 Å². The Bertz CT molecular complexity index is 521. The summed E-state index contributed by atoms with van der Waals surface area (Å²) >= 11 is 1.09. The normalized spacial score (nSPS) is 13.8. The fraction of sp³-hybridized carbons (Fsp3) is 0.545. The van der Waals surface area contributed by atoms with Crippen molar-refractivity contribution in [2.75, 3.05) is 17.7 Å². The number of nitrogens with one attached hydrogen (secondary N) is 1. The monoisotopic (exact) mass is 298 g/mol. The summed E-state index contributed by atoms with van der Waals surface area (Å²) in [5, 5.41) is 14.2. The first-order valence-corrected chi connectivity index (χ1v) is 7.15. The SMILES string of the molecule is CCOC(=O)CSc1ncc([N+](=O)[O-])c(NC2CC2)n1. The minimum atomic E-state index is -0.523. The lowest BCUT2D eigenvalue weighted by molar-refractivity contribution is -0.384. The van der Waals surface area contributed by atoms with Crippen LogP contribution in [0.15, 0.2) is 11.4 Å². The van der Waals surface area contributed by atoms with Crippen molar-refractivity contribution in [3.05, 3.63) is 16.3 Å². The van der Waals surface area contributed by atoms with Gasteiger partial charge in [-0.25, -0.2) is 4.98 Å². The van der Waals surface area contributed by atoms with Gasteiger partial charge in [0.25, 0.3) is 0 Å². The minimum Gasteiger partial charge on any atom is -0.465 e. The molecule has 8 nitrogen and oxygen atoms in total. The van der Waals surface area contributed by atoms with Crippen LogP contribution in [0.4, 0.5) is 11.5 Å². The van der Waals surface area contributed by atoms with E-state index in [1.165, 1.54) is 0 Å². The van der Waals surface area contributed by atoms with Crippen LogP contribution in [-0.2, 0) is 9.53 Å². The van der Waals surface area contributed by atoms with Gasteiger partial charge >= 0.3 is 11.7 Å². The molecule has 0 amide bonds. The van der Waals surface area contributed by atoms with Crippen molar-refractivity contribution in [2.24, 2.45) is 0 Å². The van der Waals surface area contributed by atoms with E-state index in [0.29, 0.717) is 11.8 Å². The first-order chi connectivity index (χ1) is 9.60. The second kappa shape index (κ2) is 6.51. The molecule has 0 unspecified atom stereocenters. The quantitative estimate of drug-likeness (QED) is 0.266. The molecule has 9 heteroatoms. The highest BCUT2D eigenvalue weighted by Gasteiger charge is 2.26. The minimum absolute atomic E-state index is 0.0779. The molecule has 0 radical (unpaired) electrons. The van der Waals surface area contributed by atoms with E-state index in [9.17, 15) is 14.9 Å². The van der Waals surface area contributed by atoms with Crippen LogP contribution in [0.25, 0.3) is 0 Å². The number of hydrogen-bond donors (Lipinski definition) is 1. The van der Waals surface area contributed by atoms with Crippen LogP contribution in [0, 0.1) is 10.1 Å². The fourth-order valence-corrected chi connectivity index (χ4v) is 2.03. The van der Waals surface area contributed by atoms with Gasteiger partial charge in [-0.15, -0.1) is 0 Å². The second-order valence-electron chi connectivity index (χ2n) is 4.16. The van der Waals surface area contributed by atoms with Crippen molar-refractivity contribution in [3.8, 4) is 0 Å². The van der Waals surface area contributed by atoms with Crippen LogP contribution in [0.5, 0.6) is 0 Å². The molecule has 1 aliphatic carbocycles. The van der Waals surface area contributed by atoms with Crippen molar-refractivity contribution in [1.82, 2.24) is 9.97 Å². The number of carbonyl (C=O) groups excluding carboxylic acids is 1. The number of carbonyl (C=O) groups is 1. The molecule has 2 rings (SSSR count). The average molecular weight is 298 g/mol. The van der Waals surface area contributed by atoms with E-state index in [1.807, 2.05) is 0 Å². The summed E-state index contributed by atoms with van der Waals surface area (Å²) in [4.78, 5) is 29.6. The number of ether oxygens (including phenoxy) is 1. The summed E-state index contributed by atoms with van der Waals surface area (Å²) in [6.45, 7) is 2.04. The van der Waals surface area contributed by atoms with E-state index in [4.69, 9.17) is 4.74 Å². The molecule has 1 N–H and O–H groups in total. The highest BCUT2D eigenvalue weighted by Crippen LogP contribution is 2.30. The van der Waals surface area contributed by atoms with Crippen molar-refractivity contribution < 1.29 is 14.5 Å². The van der Waals surface area contributed by atoms with Gasteiger partial charge in [-0.2, -0.15) is 4.98 Å².